The van der Waals surface area contributed by atoms with Crippen LogP contribution in [0.3, 0.4) is 0 Å². The van der Waals surface area contributed by atoms with E-state index in [9.17, 15) is 4.79 Å². The second kappa shape index (κ2) is 8.55. The summed E-state index contributed by atoms with van der Waals surface area (Å²) >= 11 is 0. The van der Waals surface area contributed by atoms with Crippen LogP contribution in [-0.4, -0.2) is 43.7 Å². The van der Waals surface area contributed by atoms with Crippen LogP contribution in [0.15, 0.2) is 18.2 Å². The summed E-state index contributed by atoms with van der Waals surface area (Å²) in [5, 5.41) is 11.6. The van der Waals surface area contributed by atoms with E-state index in [1.807, 2.05) is 32.3 Å². The molecule has 1 rings (SSSR count). The molecule has 0 unspecified atom stereocenters. The monoisotopic (exact) mass is 280 g/mol. The number of nitrogens with zero attached hydrogens (tertiary/aromatic N) is 1. The number of anilines is 1. The molecule has 2 N–H and O–H groups in total. The predicted octanol–water partition coefficient (Wildman–Crippen LogP) is 1.86. The molecule has 0 saturated heterocycles. The zero-order chi connectivity index (χ0) is 15.0. The van der Waals surface area contributed by atoms with Crippen molar-refractivity contribution in [3.63, 3.8) is 0 Å². The molecule has 5 nitrogen and oxygen atoms in total. The minimum atomic E-state index is -0.0567. The van der Waals surface area contributed by atoms with Gasteiger partial charge in [0.25, 0.3) is 0 Å². The minimum Gasteiger partial charge on any atom is -0.495 e. The van der Waals surface area contributed by atoms with Crippen LogP contribution in [-0.2, 0) is 11.3 Å². The summed E-state index contributed by atoms with van der Waals surface area (Å²) in [6, 6.07) is 5.78. The van der Waals surface area contributed by atoms with Gasteiger partial charge in [0.15, 0.2) is 0 Å². The van der Waals surface area contributed by atoms with Gasteiger partial charge in [0.1, 0.15) is 5.75 Å². The maximum Gasteiger partial charge on any atom is 0.224 e. The topological polar surface area (TPSA) is 61.8 Å². The summed E-state index contributed by atoms with van der Waals surface area (Å²) in [4.78, 5) is 13.9. The highest BCUT2D eigenvalue weighted by Crippen LogP contribution is 2.26. The first-order valence-corrected chi connectivity index (χ1v) is 6.79. The molecule has 20 heavy (non-hydrogen) atoms. The zero-order valence-corrected chi connectivity index (χ0v) is 12.5. The Morgan fingerprint density at radius 1 is 1.35 bits per heavy atom. The summed E-state index contributed by atoms with van der Waals surface area (Å²) in [6.07, 6.45) is 1.73. The fourth-order valence-corrected chi connectivity index (χ4v) is 1.93. The number of amides is 1. The molecule has 0 spiro atoms. The number of hydrogen-bond acceptors (Lipinski definition) is 4. The number of aliphatic hydroxyl groups excluding tert-OH is 1. The third-order valence-corrected chi connectivity index (χ3v) is 2.85. The maximum absolute atomic E-state index is 11.8. The van der Waals surface area contributed by atoms with Crippen LogP contribution in [0.1, 0.15) is 24.8 Å². The number of aliphatic hydroxyl groups is 1. The Morgan fingerprint density at radius 3 is 2.70 bits per heavy atom. The normalized spacial score (nSPS) is 10.7. The van der Waals surface area contributed by atoms with E-state index >= 15 is 0 Å². The lowest BCUT2D eigenvalue weighted by Crippen LogP contribution is -2.14. The number of methoxy groups -OCH3 is 1. The molecule has 0 aliphatic rings. The Balaban J connectivity index is 2.72. The molecule has 0 aromatic heterocycles. The Bertz CT molecular complexity index is 433. The van der Waals surface area contributed by atoms with Gasteiger partial charge in [-0.15, -0.1) is 0 Å². The van der Waals surface area contributed by atoms with Crippen LogP contribution in [0, 0.1) is 0 Å². The molecular weight excluding hydrogens is 256 g/mol. The van der Waals surface area contributed by atoms with Gasteiger partial charge in [0, 0.05) is 19.6 Å². The van der Waals surface area contributed by atoms with Crippen molar-refractivity contribution in [2.24, 2.45) is 0 Å². The van der Waals surface area contributed by atoms with E-state index in [-0.39, 0.29) is 12.5 Å². The van der Waals surface area contributed by atoms with Gasteiger partial charge in [-0.25, -0.2) is 0 Å². The molecule has 0 aliphatic heterocycles. The summed E-state index contributed by atoms with van der Waals surface area (Å²) in [6.45, 7) is 0.923. The van der Waals surface area contributed by atoms with Gasteiger partial charge in [-0.05, 0) is 44.6 Å². The molecule has 1 aromatic rings. The van der Waals surface area contributed by atoms with Crippen LogP contribution in [0.2, 0.25) is 0 Å². The number of benzene rings is 1. The van der Waals surface area contributed by atoms with Crippen LogP contribution in [0.4, 0.5) is 5.69 Å². The van der Waals surface area contributed by atoms with E-state index in [4.69, 9.17) is 9.84 Å². The standard InChI is InChI=1S/C15H24N2O3/c1-17(2)11-12-7-8-14(20-3)13(10-12)16-15(19)6-4-5-9-18/h7-8,10,18H,4-6,9,11H2,1-3H3,(H,16,19). The van der Waals surface area contributed by atoms with Gasteiger partial charge in [0.2, 0.25) is 5.91 Å². The van der Waals surface area contributed by atoms with Crippen molar-refractivity contribution in [2.45, 2.75) is 25.8 Å². The number of unbranched alkanes of at least 4 members (excludes halogenated alkanes) is 1. The molecule has 0 atom stereocenters. The summed E-state index contributed by atoms with van der Waals surface area (Å²) < 4.78 is 5.26. The van der Waals surface area contributed by atoms with Crippen LogP contribution < -0.4 is 10.1 Å². The lowest BCUT2D eigenvalue weighted by atomic mass is 10.1. The zero-order valence-electron chi connectivity index (χ0n) is 12.5. The summed E-state index contributed by atoms with van der Waals surface area (Å²) in [5.74, 6) is 0.599. The van der Waals surface area contributed by atoms with Crippen molar-refractivity contribution in [3.8, 4) is 5.75 Å². The number of hydrogen-bond donors (Lipinski definition) is 2. The maximum atomic E-state index is 11.8. The smallest absolute Gasteiger partial charge is 0.224 e. The van der Waals surface area contributed by atoms with Crippen molar-refractivity contribution in [2.75, 3.05) is 33.1 Å². The molecule has 0 aliphatic carbocycles. The van der Waals surface area contributed by atoms with E-state index < -0.39 is 0 Å². The number of carbonyl (C=O) groups is 1. The van der Waals surface area contributed by atoms with E-state index in [0.717, 1.165) is 12.1 Å². The third-order valence-electron chi connectivity index (χ3n) is 2.85. The molecule has 5 heteroatoms. The minimum absolute atomic E-state index is 0.0567. The first-order chi connectivity index (χ1) is 9.56. The first kappa shape index (κ1) is 16.5. The van der Waals surface area contributed by atoms with E-state index in [0.29, 0.717) is 30.7 Å². The van der Waals surface area contributed by atoms with Gasteiger partial charge in [-0.1, -0.05) is 6.07 Å². The number of carbonyl (C=O) groups excluding carboxylic acids is 1. The highest BCUT2D eigenvalue weighted by Gasteiger charge is 2.09. The fraction of sp³-hybridized carbons (Fsp3) is 0.533. The highest BCUT2D eigenvalue weighted by atomic mass is 16.5. The van der Waals surface area contributed by atoms with E-state index in [2.05, 4.69) is 10.2 Å². The van der Waals surface area contributed by atoms with Crippen molar-refractivity contribution >= 4 is 11.6 Å². The van der Waals surface area contributed by atoms with Crippen molar-refractivity contribution in [1.82, 2.24) is 4.90 Å². The van der Waals surface area contributed by atoms with Crippen molar-refractivity contribution in [3.05, 3.63) is 23.8 Å². The second-order valence-electron chi connectivity index (χ2n) is 5.00. The molecule has 1 amide bonds. The molecule has 0 radical (unpaired) electrons. The average Bonchev–Trinajstić information content (AvgIpc) is 2.38. The molecule has 0 saturated carbocycles. The molecule has 1 aromatic carbocycles. The molecule has 0 heterocycles. The highest BCUT2D eigenvalue weighted by molar-refractivity contribution is 5.92. The van der Waals surface area contributed by atoms with Crippen molar-refractivity contribution in [1.29, 1.82) is 0 Å². The van der Waals surface area contributed by atoms with Gasteiger partial charge in [0.05, 0.1) is 12.8 Å². The molecule has 0 bridgehead atoms. The quantitative estimate of drug-likeness (QED) is 0.714. The van der Waals surface area contributed by atoms with Crippen molar-refractivity contribution < 1.29 is 14.6 Å². The molecular formula is C15H24N2O3. The molecule has 112 valence electrons. The largest absolute Gasteiger partial charge is 0.495 e. The van der Waals surface area contributed by atoms with Gasteiger partial charge in [-0.2, -0.15) is 0 Å². The Hall–Kier alpha value is -1.59. The average molecular weight is 280 g/mol. The van der Waals surface area contributed by atoms with E-state index in [1.165, 1.54) is 0 Å². The lowest BCUT2D eigenvalue weighted by molar-refractivity contribution is -0.116. The second-order valence-corrected chi connectivity index (χ2v) is 5.00. The van der Waals surface area contributed by atoms with Gasteiger partial charge >= 0.3 is 0 Å². The summed E-state index contributed by atoms with van der Waals surface area (Å²) in [7, 11) is 5.58. The summed E-state index contributed by atoms with van der Waals surface area (Å²) in [5.41, 5.74) is 1.81. The van der Waals surface area contributed by atoms with Crippen LogP contribution in [0.25, 0.3) is 0 Å². The Labute approximate surface area is 120 Å². The fourth-order valence-electron chi connectivity index (χ4n) is 1.93. The van der Waals surface area contributed by atoms with Gasteiger partial charge in [-0.3, -0.25) is 4.79 Å². The van der Waals surface area contributed by atoms with E-state index in [1.54, 1.807) is 7.11 Å². The third kappa shape index (κ3) is 5.59. The molecule has 0 fully saturated rings. The van der Waals surface area contributed by atoms with Gasteiger partial charge < -0.3 is 20.1 Å². The Kier molecular flexibility index (Phi) is 7.04. The van der Waals surface area contributed by atoms with Crippen LogP contribution >= 0.6 is 0 Å². The number of ether oxygens (including phenoxy) is 1. The van der Waals surface area contributed by atoms with Crippen LogP contribution in [0.5, 0.6) is 5.75 Å². The first-order valence-electron chi connectivity index (χ1n) is 6.79. The predicted molar refractivity (Wildman–Crippen MR) is 80.0 cm³/mol. The Morgan fingerprint density at radius 2 is 2.10 bits per heavy atom. The lowest BCUT2D eigenvalue weighted by Gasteiger charge is -2.14. The SMILES string of the molecule is COc1ccc(CN(C)C)cc1NC(=O)CCCCO. The number of rotatable bonds is 8. The number of nitrogens with one attached hydrogen (secondary N) is 1.